The lowest BCUT2D eigenvalue weighted by Crippen LogP contribution is -2.37. The van der Waals surface area contributed by atoms with Crippen LogP contribution in [0.5, 0.6) is 0 Å². The van der Waals surface area contributed by atoms with E-state index in [-0.39, 0.29) is 0 Å². The van der Waals surface area contributed by atoms with E-state index in [1.807, 2.05) is 6.20 Å². The number of imidazole rings is 1. The molecule has 1 fully saturated rings. The molecule has 0 unspecified atom stereocenters. The van der Waals surface area contributed by atoms with Gasteiger partial charge in [0.15, 0.2) is 0 Å². The first-order valence-corrected chi connectivity index (χ1v) is 9.05. The molecule has 2 aliphatic heterocycles. The molecule has 0 aromatic carbocycles. The number of fused-ring (bicyclic) bond motifs is 1. The van der Waals surface area contributed by atoms with Gasteiger partial charge >= 0.3 is 0 Å². The SMILES string of the molecule is CS(=O)(=O)N1Cc2nccn2C[C@H](CN2CCCC2)C1. The van der Waals surface area contributed by atoms with E-state index in [4.69, 9.17) is 0 Å². The summed E-state index contributed by atoms with van der Waals surface area (Å²) in [5, 5.41) is 0. The van der Waals surface area contributed by atoms with E-state index in [1.54, 1.807) is 10.5 Å². The number of likely N-dealkylation sites (tertiary alicyclic amines) is 1. The van der Waals surface area contributed by atoms with Crippen LogP contribution >= 0.6 is 0 Å². The third kappa shape index (κ3) is 3.05. The van der Waals surface area contributed by atoms with Crippen LogP contribution in [0.15, 0.2) is 12.4 Å². The smallest absolute Gasteiger partial charge is 0.211 e. The Labute approximate surface area is 120 Å². The first-order chi connectivity index (χ1) is 9.52. The summed E-state index contributed by atoms with van der Waals surface area (Å²) in [5.74, 6) is 1.18. The summed E-state index contributed by atoms with van der Waals surface area (Å²) in [6.07, 6.45) is 7.53. The Morgan fingerprint density at radius 1 is 1.30 bits per heavy atom. The topological polar surface area (TPSA) is 58.4 Å². The Balaban J connectivity index is 1.79. The monoisotopic (exact) mass is 298 g/mol. The molecule has 0 bridgehead atoms. The van der Waals surface area contributed by atoms with Crippen LogP contribution in [0.1, 0.15) is 18.7 Å². The molecule has 1 aromatic rings. The Kier molecular flexibility index (Phi) is 3.83. The van der Waals surface area contributed by atoms with E-state index in [9.17, 15) is 8.42 Å². The van der Waals surface area contributed by atoms with Crippen molar-refractivity contribution in [3.63, 3.8) is 0 Å². The molecule has 0 amide bonds. The van der Waals surface area contributed by atoms with Gasteiger partial charge in [-0.25, -0.2) is 13.4 Å². The van der Waals surface area contributed by atoms with Crippen molar-refractivity contribution < 1.29 is 8.42 Å². The molecule has 0 aliphatic carbocycles. The molecule has 0 saturated carbocycles. The van der Waals surface area contributed by atoms with Gasteiger partial charge in [0.25, 0.3) is 0 Å². The average molecular weight is 298 g/mol. The zero-order valence-electron chi connectivity index (χ0n) is 11.9. The van der Waals surface area contributed by atoms with Gasteiger partial charge in [-0.05, 0) is 25.9 Å². The number of rotatable bonds is 3. The molecule has 3 heterocycles. The second kappa shape index (κ2) is 5.46. The van der Waals surface area contributed by atoms with Crippen LogP contribution in [0.2, 0.25) is 0 Å². The van der Waals surface area contributed by atoms with E-state index in [0.29, 0.717) is 19.0 Å². The Bertz CT molecular complexity index is 563. The van der Waals surface area contributed by atoms with Crippen LogP contribution in [0.3, 0.4) is 0 Å². The summed E-state index contributed by atoms with van der Waals surface area (Å²) in [6, 6.07) is 0. The van der Waals surface area contributed by atoms with Gasteiger partial charge in [-0.1, -0.05) is 0 Å². The predicted molar refractivity (Wildman–Crippen MR) is 76.6 cm³/mol. The van der Waals surface area contributed by atoms with Gasteiger partial charge in [-0.2, -0.15) is 4.31 Å². The quantitative estimate of drug-likeness (QED) is 0.809. The third-order valence-electron chi connectivity index (χ3n) is 4.22. The van der Waals surface area contributed by atoms with Gasteiger partial charge in [0.2, 0.25) is 10.0 Å². The maximum atomic E-state index is 11.9. The highest BCUT2D eigenvalue weighted by Gasteiger charge is 2.29. The minimum absolute atomic E-state index is 0.332. The van der Waals surface area contributed by atoms with E-state index in [1.165, 1.54) is 19.1 Å². The van der Waals surface area contributed by atoms with Gasteiger partial charge in [0.05, 0.1) is 12.8 Å². The van der Waals surface area contributed by atoms with Crippen LogP contribution in [0.25, 0.3) is 0 Å². The molecular formula is C13H22N4O2S. The zero-order valence-corrected chi connectivity index (χ0v) is 12.7. The van der Waals surface area contributed by atoms with E-state index in [0.717, 1.165) is 32.0 Å². The van der Waals surface area contributed by atoms with Crippen molar-refractivity contribution in [3.8, 4) is 0 Å². The summed E-state index contributed by atoms with van der Waals surface area (Å²) in [7, 11) is -3.17. The van der Waals surface area contributed by atoms with Gasteiger partial charge in [0.1, 0.15) is 5.82 Å². The average Bonchev–Trinajstić information content (AvgIpc) is 2.97. The van der Waals surface area contributed by atoms with Crippen molar-refractivity contribution >= 4 is 10.0 Å². The molecule has 3 rings (SSSR count). The van der Waals surface area contributed by atoms with Crippen LogP contribution in [0.4, 0.5) is 0 Å². The number of hydrogen-bond acceptors (Lipinski definition) is 4. The molecule has 6 nitrogen and oxygen atoms in total. The van der Waals surface area contributed by atoms with Crippen LogP contribution < -0.4 is 0 Å². The molecule has 0 spiro atoms. The minimum Gasteiger partial charge on any atom is -0.333 e. The number of aromatic nitrogens is 2. The van der Waals surface area contributed by atoms with Crippen LogP contribution in [-0.4, -0.2) is 59.6 Å². The lowest BCUT2D eigenvalue weighted by atomic mass is 10.1. The second-order valence-electron chi connectivity index (χ2n) is 5.93. The van der Waals surface area contributed by atoms with Crippen molar-refractivity contribution in [1.29, 1.82) is 0 Å². The first-order valence-electron chi connectivity index (χ1n) is 7.20. The lowest BCUT2D eigenvalue weighted by molar-refractivity contribution is 0.237. The molecule has 1 aromatic heterocycles. The summed E-state index contributed by atoms with van der Waals surface area (Å²) >= 11 is 0. The van der Waals surface area contributed by atoms with E-state index in [2.05, 4.69) is 14.5 Å². The highest BCUT2D eigenvalue weighted by Crippen LogP contribution is 2.20. The maximum absolute atomic E-state index is 11.9. The normalized spacial score (nSPS) is 25.6. The highest BCUT2D eigenvalue weighted by atomic mass is 32.2. The maximum Gasteiger partial charge on any atom is 0.211 e. The summed E-state index contributed by atoms with van der Waals surface area (Å²) in [5.41, 5.74) is 0. The van der Waals surface area contributed by atoms with Crippen molar-refractivity contribution in [3.05, 3.63) is 18.2 Å². The molecule has 2 aliphatic rings. The molecule has 112 valence electrons. The fourth-order valence-corrected chi connectivity index (χ4v) is 4.03. The largest absolute Gasteiger partial charge is 0.333 e. The highest BCUT2D eigenvalue weighted by molar-refractivity contribution is 7.88. The summed E-state index contributed by atoms with van der Waals surface area (Å²) in [4.78, 5) is 6.74. The molecule has 0 N–H and O–H groups in total. The fraction of sp³-hybridized carbons (Fsp3) is 0.769. The second-order valence-corrected chi connectivity index (χ2v) is 7.91. The summed E-state index contributed by atoms with van der Waals surface area (Å²) in [6.45, 7) is 5.11. The van der Waals surface area contributed by atoms with Gasteiger partial charge in [0, 0.05) is 37.9 Å². The third-order valence-corrected chi connectivity index (χ3v) is 5.44. The fourth-order valence-electron chi connectivity index (χ4n) is 3.20. The van der Waals surface area contributed by atoms with Crippen LogP contribution in [-0.2, 0) is 23.1 Å². The van der Waals surface area contributed by atoms with Crippen LogP contribution in [0, 0.1) is 5.92 Å². The molecule has 7 heteroatoms. The van der Waals surface area contributed by atoms with Gasteiger partial charge < -0.3 is 9.47 Å². The molecule has 1 saturated heterocycles. The molecular weight excluding hydrogens is 276 g/mol. The minimum atomic E-state index is -3.17. The number of nitrogens with zero attached hydrogens (tertiary/aromatic N) is 4. The number of sulfonamides is 1. The van der Waals surface area contributed by atoms with Crippen molar-refractivity contribution in [2.45, 2.75) is 25.9 Å². The lowest BCUT2D eigenvalue weighted by Gasteiger charge is -2.25. The first kappa shape index (κ1) is 14.0. The van der Waals surface area contributed by atoms with Gasteiger partial charge in [-0.3, -0.25) is 0 Å². The zero-order chi connectivity index (χ0) is 14.2. The summed E-state index contributed by atoms with van der Waals surface area (Å²) < 4.78 is 27.5. The Hall–Kier alpha value is -0.920. The predicted octanol–water partition coefficient (Wildman–Crippen LogP) is 0.370. The standard InChI is InChI=1S/C13H22N4O2S/c1-20(18,19)17-10-12(8-15-5-2-3-6-15)9-16-7-4-14-13(16)11-17/h4,7,12H,2-3,5-6,8-11H2,1H3/t12-/m0/s1. The Morgan fingerprint density at radius 2 is 2.05 bits per heavy atom. The van der Waals surface area contributed by atoms with E-state index < -0.39 is 10.0 Å². The molecule has 20 heavy (non-hydrogen) atoms. The molecule has 1 atom stereocenters. The van der Waals surface area contributed by atoms with Crippen molar-refractivity contribution in [1.82, 2.24) is 18.8 Å². The molecule has 0 radical (unpaired) electrons. The van der Waals surface area contributed by atoms with E-state index >= 15 is 0 Å². The van der Waals surface area contributed by atoms with Gasteiger partial charge in [-0.15, -0.1) is 0 Å². The van der Waals surface area contributed by atoms with Crippen molar-refractivity contribution in [2.75, 3.05) is 32.4 Å². The van der Waals surface area contributed by atoms with Crippen molar-refractivity contribution in [2.24, 2.45) is 5.92 Å². The Morgan fingerprint density at radius 3 is 2.75 bits per heavy atom. The number of hydrogen-bond donors (Lipinski definition) is 0.